The minimum Gasteiger partial charge on any atom is -0.399 e. The van der Waals surface area contributed by atoms with Gasteiger partial charge in [-0.05, 0) is 72.9 Å². The van der Waals surface area contributed by atoms with Gasteiger partial charge < -0.3 is 21.8 Å². The molecule has 0 fully saturated rings. The molecule has 4 nitrogen and oxygen atoms in total. The third kappa shape index (κ3) is 4.32. The number of aromatic amines is 1. The monoisotopic (exact) mass is 320 g/mol. The molecular weight excluding hydrogens is 296 g/mol. The zero-order valence-corrected chi connectivity index (χ0v) is 13.8. The van der Waals surface area contributed by atoms with Gasteiger partial charge in [-0.3, -0.25) is 0 Å². The maximum atomic E-state index is 5.73. The zero-order chi connectivity index (χ0) is 16.8. The number of unbranched alkanes of at least 4 members (excludes halogenated alkanes) is 1. The Morgan fingerprint density at radius 2 is 1.46 bits per heavy atom. The van der Waals surface area contributed by atoms with Gasteiger partial charge in [-0.15, -0.1) is 0 Å². The first-order chi connectivity index (χ1) is 11.7. The molecule has 0 amide bonds. The van der Waals surface area contributed by atoms with Gasteiger partial charge in [0, 0.05) is 35.5 Å². The van der Waals surface area contributed by atoms with Crippen molar-refractivity contribution in [1.82, 2.24) is 4.98 Å². The van der Waals surface area contributed by atoms with Crippen molar-refractivity contribution in [3.8, 4) is 11.1 Å². The Bertz CT molecular complexity index is 757. The number of nitrogens with one attached hydrogen (secondary N) is 2. The first-order valence-electron chi connectivity index (χ1n) is 8.33. The summed E-state index contributed by atoms with van der Waals surface area (Å²) in [7, 11) is 0. The van der Waals surface area contributed by atoms with Gasteiger partial charge in [-0.2, -0.15) is 0 Å². The molecule has 0 bridgehead atoms. The van der Waals surface area contributed by atoms with Gasteiger partial charge in [0.05, 0.1) is 0 Å². The summed E-state index contributed by atoms with van der Waals surface area (Å²) in [4.78, 5) is 3.37. The summed E-state index contributed by atoms with van der Waals surface area (Å²) in [6.45, 7) is 0.968. The van der Waals surface area contributed by atoms with Crippen molar-refractivity contribution < 1.29 is 0 Å². The van der Waals surface area contributed by atoms with Gasteiger partial charge in [0.15, 0.2) is 0 Å². The lowest BCUT2D eigenvalue weighted by molar-refractivity contribution is 0.752. The molecule has 0 saturated carbocycles. The third-order valence-electron chi connectivity index (χ3n) is 4.10. The van der Waals surface area contributed by atoms with E-state index in [0.29, 0.717) is 0 Å². The molecule has 0 unspecified atom stereocenters. The highest BCUT2D eigenvalue weighted by molar-refractivity contribution is 5.65. The smallest absolute Gasteiger partial charge is 0.0341 e. The van der Waals surface area contributed by atoms with Crippen molar-refractivity contribution in [3.63, 3.8) is 0 Å². The zero-order valence-electron chi connectivity index (χ0n) is 13.8. The number of aryl methyl sites for hydroxylation is 1. The molecule has 2 aromatic carbocycles. The topological polar surface area (TPSA) is 79.9 Å². The van der Waals surface area contributed by atoms with E-state index in [2.05, 4.69) is 34.7 Å². The normalized spacial score (nSPS) is 10.7. The highest BCUT2D eigenvalue weighted by Crippen LogP contribution is 2.22. The highest BCUT2D eigenvalue weighted by Gasteiger charge is 2.02. The molecule has 124 valence electrons. The summed E-state index contributed by atoms with van der Waals surface area (Å²) >= 11 is 0. The van der Waals surface area contributed by atoms with Crippen LogP contribution in [0.25, 0.3) is 11.1 Å². The summed E-state index contributed by atoms with van der Waals surface area (Å²) in [5, 5.41) is 3.42. The largest absolute Gasteiger partial charge is 0.399 e. The predicted octanol–water partition coefficient (Wildman–Crippen LogP) is 4.28. The van der Waals surface area contributed by atoms with Gasteiger partial charge >= 0.3 is 0 Å². The van der Waals surface area contributed by atoms with Crippen molar-refractivity contribution in [3.05, 3.63) is 66.5 Å². The van der Waals surface area contributed by atoms with Crippen LogP contribution < -0.4 is 16.8 Å². The Morgan fingerprint density at radius 1 is 0.792 bits per heavy atom. The molecule has 24 heavy (non-hydrogen) atoms. The van der Waals surface area contributed by atoms with Crippen molar-refractivity contribution in [2.45, 2.75) is 19.3 Å². The average molecular weight is 320 g/mol. The van der Waals surface area contributed by atoms with Crippen molar-refractivity contribution in [2.24, 2.45) is 0 Å². The van der Waals surface area contributed by atoms with E-state index in [4.69, 9.17) is 11.5 Å². The van der Waals surface area contributed by atoms with Crippen LogP contribution in [0.2, 0.25) is 0 Å². The van der Waals surface area contributed by atoms with Crippen LogP contribution in [0.3, 0.4) is 0 Å². The molecule has 0 atom stereocenters. The standard InChI is InChI=1S/C20H24N4/c21-17-6-4-15(5-7-17)16-13-20(24-14-16)3-1-2-12-23-19-10-8-18(22)9-11-19/h4-11,13-14,23-24H,1-3,12,21-22H2. The molecule has 4 heteroatoms. The first kappa shape index (κ1) is 16.0. The first-order valence-corrected chi connectivity index (χ1v) is 8.33. The fraction of sp³-hybridized carbons (Fsp3) is 0.200. The number of H-pyrrole nitrogens is 1. The lowest BCUT2D eigenvalue weighted by Gasteiger charge is -2.06. The molecule has 3 aromatic rings. The second kappa shape index (κ2) is 7.59. The SMILES string of the molecule is Nc1ccc(NCCCCc2cc(-c3ccc(N)cc3)c[nH]2)cc1. The Morgan fingerprint density at radius 3 is 2.17 bits per heavy atom. The summed E-state index contributed by atoms with van der Waals surface area (Å²) in [6, 6.07) is 18.1. The third-order valence-corrected chi connectivity index (χ3v) is 4.10. The number of rotatable bonds is 7. The van der Waals surface area contributed by atoms with Gasteiger partial charge in [0.1, 0.15) is 0 Å². The van der Waals surface area contributed by atoms with Crippen molar-refractivity contribution in [1.29, 1.82) is 0 Å². The summed E-state index contributed by atoms with van der Waals surface area (Å²) in [6.07, 6.45) is 5.39. The highest BCUT2D eigenvalue weighted by atomic mass is 14.9. The summed E-state index contributed by atoms with van der Waals surface area (Å²) < 4.78 is 0. The van der Waals surface area contributed by atoms with Crippen LogP contribution in [0.4, 0.5) is 17.1 Å². The number of nitrogen functional groups attached to an aromatic ring is 2. The molecule has 0 aliphatic carbocycles. The molecule has 1 heterocycles. The molecule has 3 rings (SSSR count). The van der Waals surface area contributed by atoms with Gasteiger partial charge in [-0.25, -0.2) is 0 Å². The number of hydrogen-bond acceptors (Lipinski definition) is 3. The van der Waals surface area contributed by atoms with E-state index in [-0.39, 0.29) is 0 Å². The molecule has 0 aliphatic rings. The number of benzene rings is 2. The van der Waals surface area contributed by atoms with Crippen LogP contribution in [0.5, 0.6) is 0 Å². The minimum absolute atomic E-state index is 0.795. The fourth-order valence-corrected chi connectivity index (χ4v) is 2.70. The average Bonchev–Trinajstić information content (AvgIpc) is 3.06. The van der Waals surface area contributed by atoms with Gasteiger partial charge in [0.2, 0.25) is 0 Å². The van der Waals surface area contributed by atoms with Crippen LogP contribution in [-0.2, 0) is 6.42 Å². The van der Waals surface area contributed by atoms with Crippen LogP contribution in [-0.4, -0.2) is 11.5 Å². The number of aromatic nitrogens is 1. The van der Waals surface area contributed by atoms with Crippen LogP contribution in [0.15, 0.2) is 60.8 Å². The van der Waals surface area contributed by atoms with E-state index in [1.165, 1.54) is 16.8 Å². The number of hydrogen-bond donors (Lipinski definition) is 4. The predicted molar refractivity (Wildman–Crippen MR) is 103 cm³/mol. The van der Waals surface area contributed by atoms with Gasteiger partial charge in [0.25, 0.3) is 0 Å². The Hall–Kier alpha value is -2.88. The van der Waals surface area contributed by atoms with Crippen LogP contribution >= 0.6 is 0 Å². The van der Waals surface area contributed by atoms with E-state index in [9.17, 15) is 0 Å². The van der Waals surface area contributed by atoms with E-state index < -0.39 is 0 Å². The molecule has 0 spiro atoms. The maximum Gasteiger partial charge on any atom is 0.0341 e. The lowest BCUT2D eigenvalue weighted by atomic mass is 10.1. The Kier molecular flexibility index (Phi) is 5.06. The quantitative estimate of drug-likeness (QED) is 0.387. The molecule has 0 radical (unpaired) electrons. The second-order valence-electron chi connectivity index (χ2n) is 6.04. The minimum atomic E-state index is 0.795. The molecule has 0 aliphatic heterocycles. The molecule has 1 aromatic heterocycles. The van der Waals surface area contributed by atoms with Crippen molar-refractivity contribution >= 4 is 17.1 Å². The van der Waals surface area contributed by atoms with Crippen LogP contribution in [0, 0.1) is 0 Å². The molecule has 6 N–H and O–H groups in total. The Balaban J connectivity index is 1.42. The second-order valence-corrected chi connectivity index (χ2v) is 6.04. The Labute approximate surface area is 142 Å². The van der Waals surface area contributed by atoms with E-state index in [0.717, 1.165) is 42.9 Å². The van der Waals surface area contributed by atoms with Gasteiger partial charge in [-0.1, -0.05) is 12.1 Å². The molecule has 0 saturated heterocycles. The van der Waals surface area contributed by atoms with E-state index in [1.807, 2.05) is 36.4 Å². The van der Waals surface area contributed by atoms with Crippen molar-refractivity contribution in [2.75, 3.05) is 23.3 Å². The van der Waals surface area contributed by atoms with Crippen LogP contribution in [0.1, 0.15) is 18.5 Å². The van der Waals surface area contributed by atoms with E-state index in [1.54, 1.807) is 0 Å². The lowest BCUT2D eigenvalue weighted by Crippen LogP contribution is -2.02. The van der Waals surface area contributed by atoms with E-state index >= 15 is 0 Å². The maximum absolute atomic E-state index is 5.73. The summed E-state index contributed by atoms with van der Waals surface area (Å²) in [5.74, 6) is 0. The number of anilines is 3. The molecular formula is C20H24N4. The number of nitrogens with two attached hydrogens (primary N) is 2. The summed E-state index contributed by atoms with van der Waals surface area (Å²) in [5.41, 5.74) is 17.8. The fourth-order valence-electron chi connectivity index (χ4n) is 2.70.